The van der Waals surface area contributed by atoms with Gasteiger partial charge in [0.05, 0.1) is 19.8 Å². The molecule has 144 valence electrons. The van der Waals surface area contributed by atoms with E-state index < -0.39 is 0 Å². The second kappa shape index (κ2) is 9.71. The molecule has 0 spiro atoms. The number of nitrogens with zero attached hydrogens (tertiary/aromatic N) is 1. The third-order valence-corrected chi connectivity index (χ3v) is 4.18. The van der Waals surface area contributed by atoms with Crippen molar-refractivity contribution < 1.29 is 14.2 Å². The molecule has 0 aromatic heterocycles. The molecular formula is C21H27N3O3. The van der Waals surface area contributed by atoms with Crippen molar-refractivity contribution in [3.05, 3.63) is 53.6 Å². The SMILES string of the molecule is CN=C(NCCOc1ccc(C)cc1)NCc1ccc2c(c1)OCCCO2. The van der Waals surface area contributed by atoms with Crippen molar-refractivity contribution >= 4 is 5.96 Å². The molecule has 0 bridgehead atoms. The number of aliphatic imine (C=N–C) groups is 1. The maximum atomic E-state index is 5.74. The van der Waals surface area contributed by atoms with Crippen molar-refractivity contribution in [2.75, 3.05) is 33.4 Å². The summed E-state index contributed by atoms with van der Waals surface area (Å²) in [7, 11) is 1.75. The maximum absolute atomic E-state index is 5.74. The zero-order valence-corrected chi connectivity index (χ0v) is 16.0. The van der Waals surface area contributed by atoms with Gasteiger partial charge in [0.25, 0.3) is 0 Å². The van der Waals surface area contributed by atoms with Gasteiger partial charge in [0.2, 0.25) is 0 Å². The minimum absolute atomic E-state index is 0.563. The van der Waals surface area contributed by atoms with Crippen molar-refractivity contribution in [2.45, 2.75) is 19.9 Å². The van der Waals surface area contributed by atoms with Gasteiger partial charge in [-0.25, -0.2) is 0 Å². The summed E-state index contributed by atoms with van der Waals surface area (Å²) in [5.74, 6) is 3.22. The molecule has 0 saturated heterocycles. The van der Waals surface area contributed by atoms with Gasteiger partial charge in [-0.1, -0.05) is 23.8 Å². The van der Waals surface area contributed by atoms with Gasteiger partial charge in [0.15, 0.2) is 17.5 Å². The van der Waals surface area contributed by atoms with Crippen LogP contribution in [0.5, 0.6) is 17.2 Å². The predicted octanol–water partition coefficient (Wildman–Crippen LogP) is 2.90. The monoisotopic (exact) mass is 369 g/mol. The van der Waals surface area contributed by atoms with Gasteiger partial charge in [-0.3, -0.25) is 4.99 Å². The minimum atomic E-state index is 0.563. The lowest BCUT2D eigenvalue weighted by Gasteiger charge is -2.14. The number of benzene rings is 2. The van der Waals surface area contributed by atoms with Crippen LogP contribution in [0.2, 0.25) is 0 Å². The van der Waals surface area contributed by atoms with Crippen molar-refractivity contribution in [1.29, 1.82) is 0 Å². The first-order valence-corrected chi connectivity index (χ1v) is 9.27. The highest BCUT2D eigenvalue weighted by Gasteiger charge is 2.10. The standard InChI is InChI=1S/C21H27N3O3/c1-16-4-7-18(8-5-16)25-13-10-23-21(22-2)24-15-17-6-9-19-20(14-17)27-12-3-11-26-19/h4-9,14H,3,10-13,15H2,1-2H3,(H2,22,23,24). The Bertz CT molecular complexity index is 760. The van der Waals surface area contributed by atoms with Crippen LogP contribution in [0.15, 0.2) is 47.5 Å². The summed E-state index contributed by atoms with van der Waals surface area (Å²) in [4.78, 5) is 4.24. The summed E-state index contributed by atoms with van der Waals surface area (Å²) in [5, 5.41) is 6.55. The van der Waals surface area contributed by atoms with Crippen LogP contribution in [0.4, 0.5) is 0 Å². The van der Waals surface area contributed by atoms with E-state index in [1.54, 1.807) is 7.05 Å². The van der Waals surface area contributed by atoms with E-state index in [1.165, 1.54) is 5.56 Å². The van der Waals surface area contributed by atoms with Crippen LogP contribution < -0.4 is 24.8 Å². The zero-order valence-electron chi connectivity index (χ0n) is 16.0. The summed E-state index contributed by atoms with van der Waals surface area (Å²) in [6.07, 6.45) is 0.906. The molecule has 0 saturated carbocycles. The minimum Gasteiger partial charge on any atom is -0.492 e. The fourth-order valence-corrected chi connectivity index (χ4v) is 2.70. The quantitative estimate of drug-likeness (QED) is 0.466. The third kappa shape index (κ3) is 5.81. The molecule has 2 N–H and O–H groups in total. The summed E-state index contributed by atoms with van der Waals surface area (Å²) in [6.45, 7) is 5.32. The number of aryl methyl sites for hydroxylation is 1. The lowest BCUT2D eigenvalue weighted by molar-refractivity contribution is 0.297. The fourth-order valence-electron chi connectivity index (χ4n) is 2.70. The fraction of sp³-hybridized carbons (Fsp3) is 0.381. The Morgan fingerprint density at radius 1 is 1.04 bits per heavy atom. The molecule has 0 radical (unpaired) electrons. The molecule has 0 amide bonds. The van der Waals surface area contributed by atoms with Crippen LogP contribution in [0.25, 0.3) is 0 Å². The Morgan fingerprint density at radius 2 is 1.81 bits per heavy atom. The summed E-state index contributed by atoms with van der Waals surface area (Å²) in [5.41, 5.74) is 2.33. The van der Waals surface area contributed by atoms with Crippen LogP contribution in [0.1, 0.15) is 17.5 Å². The molecule has 6 heteroatoms. The molecule has 1 aliphatic rings. The van der Waals surface area contributed by atoms with Crippen LogP contribution in [-0.2, 0) is 6.54 Å². The molecule has 3 rings (SSSR count). The zero-order chi connectivity index (χ0) is 18.9. The summed E-state index contributed by atoms with van der Waals surface area (Å²) < 4.78 is 17.1. The van der Waals surface area contributed by atoms with Gasteiger partial charge in [-0.05, 0) is 36.8 Å². The largest absolute Gasteiger partial charge is 0.492 e. The third-order valence-electron chi connectivity index (χ3n) is 4.18. The van der Waals surface area contributed by atoms with Gasteiger partial charge in [0.1, 0.15) is 12.4 Å². The Kier molecular flexibility index (Phi) is 6.79. The second-order valence-electron chi connectivity index (χ2n) is 6.35. The Labute approximate surface area is 160 Å². The van der Waals surface area contributed by atoms with Gasteiger partial charge in [-0.15, -0.1) is 0 Å². The normalized spacial score (nSPS) is 13.6. The lowest BCUT2D eigenvalue weighted by atomic mass is 10.2. The topological polar surface area (TPSA) is 64.1 Å². The Hall–Kier alpha value is -2.89. The first-order valence-electron chi connectivity index (χ1n) is 9.27. The highest BCUT2D eigenvalue weighted by molar-refractivity contribution is 5.79. The average molecular weight is 369 g/mol. The summed E-state index contributed by atoms with van der Waals surface area (Å²) in [6, 6.07) is 14.1. The first kappa shape index (κ1) is 18.9. The molecule has 0 aliphatic carbocycles. The molecule has 1 aliphatic heterocycles. The molecule has 6 nitrogen and oxygen atoms in total. The summed E-state index contributed by atoms with van der Waals surface area (Å²) >= 11 is 0. The molecular weight excluding hydrogens is 342 g/mol. The van der Waals surface area contributed by atoms with E-state index in [0.717, 1.165) is 35.2 Å². The van der Waals surface area contributed by atoms with Crippen LogP contribution >= 0.6 is 0 Å². The van der Waals surface area contributed by atoms with Crippen molar-refractivity contribution in [3.8, 4) is 17.2 Å². The average Bonchev–Trinajstić information content (AvgIpc) is 2.93. The highest BCUT2D eigenvalue weighted by atomic mass is 16.5. The molecule has 1 heterocycles. The van der Waals surface area contributed by atoms with E-state index in [9.17, 15) is 0 Å². The van der Waals surface area contributed by atoms with E-state index in [4.69, 9.17) is 14.2 Å². The molecule has 0 atom stereocenters. The van der Waals surface area contributed by atoms with Gasteiger partial charge >= 0.3 is 0 Å². The van der Waals surface area contributed by atoms with Crippen LogP contribution in [-0.4, -0.2) is 39.4 Å². The van der Waals surface area contributed by atoms with Crippen molar-refractivity contribution in [1.82, 2.24) is 10.6 Å². The number of guanidine groups is 1. The van der Waals surface area contributed by atoms with E-state index in [1.807, 2.05) is 42.5 Å². The van der Waals surface area contributed by atoms with Crippen LogP contribution in [0, 0.1) is 6.92 Å². The number of hydrogen-bond donors (Lipinski definition) is 2. The highest BCUT2D eigenvalue weighted by Crippen LogP contribution is 2.30. The molecule has 2 aromatic rings. The van der Waals surface area contributed by atoms with Gasteiger partial charge < -0.3 is 24.8 Å². The molecule has 27 heavy (non-hydrogen) atoms. The molecule has 2 aromatic carbocycles. The van der Waals surface area contributed by atoms with Crippen molar-refractivity contribution in [3.63, 3.8) is 0 Å². The molecule has 0 unspecified atom stereocenters. The van der Waals surface area contributed by atoms with E-state index >= 15 is 0 Å². The van der Waals surface area contributed by atoms with Gasteiger partial charge in [0, 0.05) is 20.0 Å². The van der Waals surface area contributed by atoms with E-state index in [-0.39, 0.29) is 0 Å². The lowest BCUT2D eigenvalue weighted by Crippen LogP contribution is -2.38. The first-order chi connectivity index (χ1) is 13.2. The Balaban J connectivity index is 1.42. The molecule has 0 fully saturated rings. The number of nitrogens with one attached hydrogen (secondary N) is 2. The predicted molar refractivity (Wildman–Crippen MR) is 107 cm³/mol. The van der Waals surface area contributed by atoms with Gasteiger partial charge in [-0.2, -0.15) is 0 Å². The number of fused-ring (bicyclic) bond motifs is 1. The number of rotatable bonds is 6. The number of hydrogen-bond acceptors (Lipinski definition) is 4. The van der Waals surface area contributed by atoms with Crippen molar-refractivity contribution in [2.24, 2.45) is 4.99 Å². The Morgan fingerprint density at radius 3 is 2.59 bits per heavy atom. The van der Waals surface area contributed by atoms with Crippen LogP contribution in [0.3, 0.4) is 0 Å². The number of ether oxygens (including phenoxy) is 3. The van der Waals surface area contributed by atoms with E-state index in [0.29, 0.717) is 32.9 Å². The second-order valence-corrected chi connectivity index (χ2v) is 6.35. The smallest absolute Gasteiger partial charge is 0.191 e. The maximum Gasteiger partial charge on any atom is 0.191 e. The van der Waals surface area contributed by atoms with E-state index in [2.05, 4.69) is 22.5 Å².